The molecule has 1 fully saturated rings. The number of aromatic nitrogens is 2. The fraction of sp³-hybridized carbons (Fsp3) is 0.483. The van der Waals surface area contributed by atoms with Crippen LogP contribution >= 0.6 is 0 Å². The third-order valence-corrected chi connectivity index (χ3v) is 6.83. The molecule has 0 spiro atoms. The maximum atomic E-state index is 12.8. The Labute approximate surface area is 209 Å². The van der Waals surface area contributed by atoms with Gasteiger partial charge < -0.3 is 9.84 Å². The molecule has 3 aromatic rings. The van der Waals surface area contributed by atoms with Gasteiger partial charge in [0.1, 0.15) is 0 Å². The summed E-state index contributed by atoms with van der Waals surface area (Å²) in [4.78, 5) is 19.7. The molecule has 2 heterocycles. The lowest BCUT2D eigenvalue weighted by atomic mass is 9.87. The Bertz CT molecular complexity index is 1090. The van der Waals surface area contributed by atoms with E-state index in [1.54, 1.807) is 0 Å². The van der Waals surface area contributed by atoms with Gasteiger partial charge in [-0.3, -0.25) is 9.69 Å². The van der Waals surface area contributed by atoms with E-state index < -0.39 is 0 Å². The minimum atomic E-state index is 0.0330. The van der Waals surface area contributed by atoms with E-state index in [4.69, 9.17) is 4.52 Å². The summed E-state index contributed by atoms with van der Waals surface area (Å²) < 4.78 is 5.52. The zero-order chi connectivity index (χ0) is 24.8. The number of rotatable bonds is 8. The van der Waals surface area contributed by atoms with Gasteiger partial charge in [-0.2, -0.15) is 4.98 Å². The second-order valence-corrected chi connectivity index (χ2v) is 10.7. The molecular formula is C29H38N4O2. The Morgan fingerprint density at radius 2 is 1.74 bits per heavy atom. The number of aryl methyl sites for hydroxylation is 1. The van der Waals surface area contributed by atoms with Crippen molar-refractivity contribution in [3.63, 3.8) is 0 Å². The van der Waals surface area contributed by atoms with Crippen LogP contribution in [0.1, 0.15) is 70.4 Å². The quantitative estimate of drug-likeness (QED) is 0.419. The lowest BCUT2D eigenvalue weighted by molar-refractivity contribution is -0.121. The monoisotopic (exact) mass is 474 g/mol. The molecule has 2 aromatic carbocycles. The number of carbonyl (C=O) groups is 1. The van der Waals surface area contributed by atoms with Crippen molar-refractivity contribution in [1.82, 2.24) is 15.0 Å². The lowest BCUT2D eigenvalue weighted by Crippen LogP contribution is -2.37. The Morgan fingerprint density at radius 3 is 2.37 bits per heavy atom. The first-order valence-corrected chi connectivity index (χ1v) is 12.9. The molecule has 1 aliphatic rings. The summed E-state index contributed by atoms with van der Waals surface area (Å²) in [6.07, 6.45) is 5.13. The third-order valence-electron chi connectivity index (χ3n) is 6.83. The van der Waals surface area contributed by atoms with Gasteiger partial charge in [0.05, 0.1) is 6.54 Å². The second-order valence-electron chi connectivity index (χ2n) is 10.7. The van der Waals surface area contributed by atoms with E-state index in [1.807, 2.05) is 12.1 Å². The van der Waals surface area contributed by atoms with Crippen LogP contribution in [0.15, 0.2) is 53.1 Å². The molecular weight excluding hydrogens is 436 g/mol. The van der Waals surface area contributed by atoms with Crippen molar-refractivity contribution in [1.29, 1.82) is 0 Å². The molecule has 0 unspecified atom stereocenters. The predicted molar refractivity (Wildman–Crippen MR) is 140 cm³/mol. The minimum Gasteiger partial charge on any atom is -0.338 e. The van der Waals surface area contributed by atoms with Gasteiger partial charge in [0, 0.05) is 17.2 Å². The van der Waals surface area contributed by atoms with Crippen molar-refractivity contribution in [2.75, 3.05) is 18.4 Å². The summed E-state index contributed by atoms with van der Waals surface area (Å²) in [5, 5.41) is 7.28. The van der Waals surface area contributed by atoms with Crippen LogP contribution < -0.4 is 5.32 Å². The van der Waals surface area contributed by atoms with Crippen LogP contribution in [0, 0.1) is 5.92 Å². The fourth-order valence-electron chi connectivity index (χ4n) is 4.48. The van der Waals surface area contributed by atoms with Gasteiger partial charge in [0.25, 0.3) is 0 Å². The molecule has 0 bridgehead atoms. The molecule has 0 radical (unpaired) electrons. The number of anilines is 1. The van der Waals surface area contributed by atoms with Crippen molar-refractivity contribution in [3.8, 4) is 11.4 Å². The second kappa shape index (κ2) is 11.2. The number of hydrogen-bond donors (Lipinski definition) is 1. The number of hydrogen-bond acceptors (Lipinski definition) is 5. The number of nitrogens with one attached hydrogen (secondary N) is 1. The number of nitrogens with zero attached hydrogens (tertiary/aromatic N) is 3. The zero-order valence-electron chi connectivity index (χ0n) is 21.5. The number of unbranched alkanes of at least 4 members (excludes halogenated alkanes) is 1. The molecule has 1 aliphatic heterocycles. The summed E-state index contributed by atoms with van der Waals surface area (Å²) in [5.41, 5.74) is 4.56. The van der Waals surface area contributed by atoms with E-state index in [9.17, 15) is 4.79 Å². The standard InChI is InChI=1S/C29H38N4O2/c1-5-6-7-21-8-14-25(15-9-21)30-28(34)23-16-18-33(19-17-23)20-26-31-27(32-35-26)22-10-12-24(13-11-22)29(2,3)4/h8-15,23H,5-7,16-20H2,1-4H3,(H,30,34). The summed E-state index contributed by atoms with van der Waals surface area (Å²) in [6, 6.07) is 16.6. The van der Waals surface area contributed by atoms with E-state index in [1.165, 1.54) is 24.0 Å². The van der Waals surface area contributed by atoms with Crippen molar-refractivity contribution in [2.24, 2.45) is 5.92 Å². The number of carbonyl (C=O) groups excluding carboxylic acids is 1. The average molecular weight is 475 g/mol. The summed E-state index contributed by atoms with van der Waals surface area (Å²) in [7, 11) is 0. The minimum absolute atomic E-state index is 0.0330. The van der Waals surface area contributed by atoms with Crippen LogP contribution in [0.4, 0.5) is 5.69 Å². The maximum absolute atomic E-state index is 12.8. The van der Waals surface area contributed by atoms with Gasteiger partial charge in [-0.15, -0.1) is 0 Å². The Kier molecular flexibility index (Phi) is 8.01. The fourth-order valence-corrected chi connectivity index (χ4v) is 4.48. The van der Waals surface area contributed by atoms with Crippen molar-refractivity contribution < 1.29 is 9.32 Å². The highest BCUT2D eigenvalue weighted by Crippen LogP contribution is 2.26. The number of piperidine rings is 1. The van der Waals surface area contributed by atoms with Gasteiger partial charge >= 0.3 is 0 Å². The summed E-state index contributed by atoms with van der Waals surface area (Å²) in [5.74, 6) is 1.39. The van der Waals surface area contributed by atoms with Crippen LogP contribution in [0.25, 0.3) is 11.4 Å². The van der Waals surface area contributed by atoms with Crippen LogP contribution in [0.3, 0.4) is 0 Å². The molecule has 4 rings (SSSR count). The van der Waals surface area contributed by atoms with Crippen molar-refractivity contribution in [3.05, 3.63) is 65.5 Å². The molecule has 186 valence electrons. The predicted octanol–water partition coefficient (Wildman–Crippen LogP) is 6.23. The summed E-state index contributed by atoms with van der Waals surface area (Å²) in [6.45, 7) is 11.1. The van der Waals surface area contributed by atoms with Crippen LogP contribution in [0.2, 0.25) is 0 Å². The first-order valence-electron chi connectivity index (χ1n) is 12.9. The number of benzene rings is 2. The average Bonchev–Trinajstić information content (AvgIpc) is 3.32. The van der Waals surface area contributed by atoms with Gasteiger partial charge in [0.2, 0.25) is 17.6 Å². The van der Waals surface area contributed by atoms with Gasteiger partial charge in [-0.05, 0) is 67.4 Å². The van der Waals surface area contributed by atoms with Gasteiger partial charge in [-0.25, -0.2) is 0 Å². The normalized spacial score (nSPS) is 15.3. The highest BCUT2D eigenvalue weighted by molar-refractivity contribution is 5.92. The lowest BCUT2D eigenvalue weighted by Gasteiger charge is -2.30. The highest BCUT2D eigenvalue weighted by atomic mass is 16.5. The maximum Gasteiger partial charge on any atom is 0.241 e. The molecule has 35 heavy (non-hydrogen) atoms. The first kappa shape index (κ1) is 25.1. The number of likely N-dealkylation sites (tertiary alicyclic amines) is 1. The van der Waals surface area contributed by atoms with Crippen LogP contribution in [0.5, 0.6) is 0 Å². The Morgan fingerprint density at radius 1 is 1.06 bits per heavy atom. The summed E-state index contributed by atoms with van der Waals surface area (Å²) >= 11 is 0. The Hall–Kier alpha value is -2.99. The molecule has 6 nitrogen and oxygen atoms in total. The van der Waals surface area contributed by atoms with E-state index in [-0.39, 0.29) is 17.2 Å². The van der Waals surface area contributed by atoms with E-state index in [0.29, 0.717) is 18.3 Å². The van der Waals surface area contributed by atoms with Gasteiger partial charge in [-0.1, -0.05) is 75.7 Å². The van der Waals surface area contributed by atoms with Crippen LogP contribution in [-0.4, -0.2) is 34.0 Å². The molecule has 1 amide bonds. The van der Waals surface area contributed by atoms with E-state index >= 15 is 0 Å². The van der Waals surface area contributed by atoms with Crippen molar-refractivity contribution >= 4 is 11.6 Å². The first-order chi connectivity index (χ1) is 16.8. The van der Waals surface area contributed by atoms with Gasteiger partial charge in [0.15, 0.2) is 0 Å². The van der Waals surface area contributed by atoms with Crippen molar-refractivity contribution in [2.45, 2.75) is 71.8 Å². The molecule has 6 heteroatoms. The number of amides is 1. The van der Waals surface area contributed by atoms with Crippen LogP contribution in [-0.2, 0) is 23.2 Å². The molecule has 0 saturated carbocycles. The molecule has 1 N–H and O–H groups in total. The third kappa shape index (κ3) is 6.79. The van der Waals surface area contributed by atoms with E-state index in [0.717, 1.165) is 43.6 Å². The molecule has 0 aliphatic carbocycles. The highest BCUT2D eigenvalue weighted by Gasteiger charge is 2.26. The van der Waals surface area contributed by atoms with E-state index in [2.05, 4.69) is 84.5 Å². The largest absolute Gasteiger partial charge is 0.338 e. The molecule has 1 aromatic heterocycles. The Balaban J connectivity index is 1.25. The topological polar surface area (TPSA) is 71.3 Å². The molecule has 0 atom stereocenters. The SMILES string of the molecule is CCCCc1ccc(NC(=O)C2CCN(Cc3nc(-c4ccc(C(C)(C)C)cc4)no3)CC2)cc1. The molecule has 1 saturated heterocycles. The zero-order valence-corrected chi connectivity index (χ0v) is 21.5. The smallest absolute Gasteiger partial charge is 0.241 e.